The minimum Gasteiger partial charge on any atom is -0.493 e. The molecule has 3 rings (SSSR count). The number of rotatable bonds is 10. The number of hydrogen-bond donors (Lipinski definition) is 1. The van der Waals surface area contributed by atoms with Gasteiger partial charge in [-0.05, 0) is 67.3 Å². The third kappa shape index (κ3) is 5.93. The molecule has 1 aliphatic rings. The predicted octanol–water partition coefficient (Wildman–Crippen LogP) is 3.49. The molecule has 0 saturated heterocycles. The maximum Gasteiger partial charge on any atom is 0.243 e. The Morgan fingerprint density at radius 2 is 1.71 bits per heavy atom. The third-order valence-electron chi connectivity index (χ3n) is 5.42. The fourth-order valence-electron chi connectivity index (χ4n) is 3.74. The van der Waals surface area contributed by atoms with Crippen LogP contribution in [-0.4, -0.2) is 47.2 Å². The highest BCUT2D eigenvalue weighted by Crippen LogP contribution is 2.33. The first-order chi connectivity index (χ1) is 14.8. The topological polar surface area (TPSA) is 67.9 Å². The van der Waals surface area contributed by atoms with Crippen LogP contribution in [0.1, 0.15) is 30.4 Å². The number of unbranched alkanes of at least 4 members (excludes halogenated alkanes) is 2. The minimum atomic E-state index is -4.06. The Morgan fingerprint density at radius 1 is 1.00 bits per heavy atom. The summed E-state index contributed by atoms with van der Waals surface area (Å²) in [6.45, 7) is 2.87. The lowest BCUT2D eigenvalue weighted by molar-refractivity contribution is 0.247. The molecule has 0 amide bonds. The number of sulfonamides is 1. The van der Waals surface area contributed by atoms with Gasteiger partial charge in [-0.2, -0.15) is 0 Å². The number of nitrogens with zero attached hydrogens (tertiary/aromatic N) is 1. The van der Waals surface area contributed by atoms with Gasteiger partial charge in [0.1, 0.15) is 16.5 Å². The van der Waals surface area contributed by atoms with Gasteiger partial charge in [-0.1, -0.05) is 6.42 Å². The fourth-order valence-corrected chi connectivity index (χ4v) is 4.90. The predicted molar refractivity (Wildman–Crippen MR) is 114 cm³/mol. The van der Waals surface area contributed by atoms with Crippen LogP contribution in [0.5, 0.6) is 11.5 Å². The monoisotopic (exact) mass is 454 g/mol. The molecule has 2 aromatic carbocycles. The van der Waals surface area contributed by atoms with Crippen molar-refractivity contribution in [3.63, 3.8) is 0 Å². The lowest BCUT2D eigenvalue weighted by atomic mass is 9.98. The van der Waals surface area contributed by atoms with Crippen LogP contribution in [0, 0.1) is 11.6 Å². The van der Waals surface area contributed by atoms with Crippen LogP contribution in [0.25, 0.3) is 0 Å². The number of nitrogens with one attached hydrogen (secondary N) is 1. The van der Waals surface area contributed by atoms with Crippen LogP contribution < -0.4 is 14.2 Å². The molecule has 0 fully saturated rings. The Hall–Kier alpha value is -2.23. The zero-order valence-electron chi connectivity index (χ0n) is 17.8. The average Bonchev–Trinajstić information content (AvgIpc) is 2.76. The first-order valence-electron chi connectivity index (χ1n) is 10.2. The molecule has 0 aliphatic carbocycles. The number of halogens is 2. The summed E-state index contributed by atoms with van der Waals surface area (Å²) < 4.78 is 64.3. The second kappa shape index (κ2) is 10.4. The van der Waals surface area contributed by atoms with Gasteiger partial charge >= 0.3 is 0 Å². The van der Waals surface area contributed by atoms with E-state index in [4.69, 9.17) is 9.47 Å². The van der Waals surface area contributed by atoms with Gasteiger partial charge in [0.15, 0.2) is 11.5 Å². The summed E-state index contributed by atoms with van der Waals surface area (Å²) in [6, 6.07) is 6.46. The van der Waals surface area contributed by atoms with Gasteiger partial charge < -0.3 is 9.47 Å². The zero-order valence-corrected chi connectivity index (χ0v) is 18.6. The molecule has 2 aromatic rings. The van der Waals surface area contributed by atoms with Crippen molar-refractivity contribution < 1.29 is 26.7 Å². The number of ether oxygens (including phenoxy) is 2. The van der Waals surface area contributed by atoms with E-state index in [1.807, 2.05) is 12.1 Å². The maximum atomic E-state index is 13.7. The van der Waals surface area contributed by atoms with E-state index in [9.17, 15) is 17.2 Å². The zero-order chi connectivity index (χ0) is 22.4. The van der Waals surface area contributed by atoms with Gasteiger partial charge in [-0.25, -0.2) is 21.9 Å². The van der Waals surface area contributed by atoms with E-state index in [-0.39, 0.29) is 6.54 Å². The van der Waals surface area contributed by atoms with Crippen molar-refractivity contribution in [2.75, 3.05) is 33.9 Å². The van der Waals surface area contributed by atoms with E-state index in [1.54, 1.807) is 14.2 Å². The van der Waals surface area contributed by atoms with Gasteiger partial charge in [-0.15, -0.1) is 0 Å². The SMILES string of the molecule is COc1cc2c(cc1OC)CN(CCCCCNS(=O)(=O)c1cc(F)ccc1F)CC2. The maximum absolute atomic E-state index is 13.7. The highest BCUT2D eigenvalue weighted by molar-refractivity contribution is 7.89. The Bertz CT molecular complexity index is 1010. The van der Waals surface area contributed by atoms with Crippen molar-refractivity contribution in [3.05, 3.63) is 53.1 Å². The van der Waals surface area contributed by atoms with E-state index < -0.39 is 26.6 Å². The first kappa shape index (κ1) is 23.4. The standard InChI is InChI=1S/C22H28F2N2O4S/c1-29-20-12-16-8-11-26(15-17(16)13-21(20)30-2)10-5-3-4-9-25-31(27,28)22-14-18(23)6-7-19(22)24/h6-7,12-14,25H,3-5,8-11,15H2,1-2H3. The van der Waals surface area contributed by atoms with Crippen molar-refractivity contribution in [1.82, 2.24) is 9.62 Å². The molecule has 170 valence electrons. The molecule has 0 bridgehead atoms. The fraction of sp³-hybridized carbons (Fsp3) is 0.455. The Labute approximate surface area is 182 Å². The quantitative estimate of drug-likeness (QED) is 0.557. The molecule has 6 nitrogen and oxygen atoms in total. The molecule has 1 aliphatic heterocycles. The minimum absolute atomic E-state index is 0.179. The summed E-state index contributed by atoms with van der Waals surface area (Å²) >= 11 is 0. The van der Waals surface area contributed by atoms with Crippen LogP contribution in [-0.2, 0) is 23.0 Å². The summed E-state index contributed by atoms with van der Waals surface area (Å²) in [6.07, 6.45) is 3.29. The molecular formula is C22H28F2N2O4S. The molecule has 0 atom stereocenters. The van der Waals surface area contributed by atoms with Crippen LogP contribution in [0.2, 0.25) is 0 Å². The molecule has 1 N–H and O–H groups in total. The van der Waals surface area contributed by atoms with Crippen LogP contribution in [0.15, 0.2) is 35.2 Å². The molecule has 31 heavy (non-hydrogen) atoms. The second-order valence-corrected chi connectivity index (χ2v) is 9.27. The van der Waals surface area contributed by atoms with Crippen LogP contribution in [0.3, 0.4) is 0 Å². The van der Waals surface area contributed by atoms with Gasteiger partial charge in [0.05, 0.1) is 14.2 Å². The number of fused-ring (bicyclic) bond motifs is 1. The Kier molecular flexibility index (Phi) is 7.85. The molecule has 0 aromatic heterocycles. The van der Waals surface area contributed by atoms with E-state index in [0.717, 1.165) is 62.5 Å². The van der Waals surface area contributed by atoms with Crippen molar-refractivity contribution in [3.8, 4) is 11.5 Å². The van der Waals surface area contributed by atoms with Crippen molar-refractivity contribution in [1.29, 1.82) is 0 Å². The lowest BCUT2D eigenvalue weighted by Gasteiger charge is -2.29. The highest BCUT2D eigenvalue weighted by atomic mass is 32.2. The molecule has 0 radical (unpaired) electrons. The van der Waals surface area contributed by atoms with Crippen molar-refractivity contribution in [2.24, 2.45) is 0 Å². The molecular weight excluding hydrogens is 426 g/mol. The largest absolute Gasteiger partial charge is 0.493 e. The molecule has 1 heterocycles. The van der Waals surface area contributed by atoms with E-state index in [2.05, 4.69) is 9.62 Å². The van der Waals surface area contributed by atoms with Gasteiger partial charge in [0.2, 0.25) is 10.0 Å². The summed E-state index contributed by atoms with van der Waals surface area (Å²) in [4.78, 5) is 1.70. The molecule has 9 heteroatoms. The van der Waals surface area contributed by atoms with Crippen molar-refractivity contribution >= 4 is 10.0 Å². The van der Waals surface area contributed by atoms with Gasteiger partial charge in [-0.3, -0.25) is 4.90 Å². The van der Waals surface area contributed by atoms with E-state index in [1.165, 1.54) is 11.1 Å². The van der Waals surface area contributed by atoms with Crippen LogP contribution >= 0.6 is 0 Å². The van der Waals surface area contributed by atoms with Gasteiger partial charge in [0.25, 0.3) is 0 Å². The number of hydrogen-bond acceptors (Lipinski definition) is 5. The molecule has 0 spiro atoms. The second-order valence-electron chi connectivity index (χ2n) is 7.54. The van der Waals surface area contributed by atoms with Gasteiger partial charge in [0, 0.05) is 19.6 Å². The number of benzene rings is 2. The summed E-state index contributed by atoms with van der Waals surface area (Å²) in [7, 11) is -0.805. The molecule has 0 saturated carbocycles. The van der Waals surface area contributed by atoms with Crippen molar-refractivity contribution in [2.45, 2.75) is 37.1 Å². The summed E-state index contributed by atoms with van der Waals surface area (Å²) in [5, 5.41) is 0. The Morgan fingerprint density at radius 3 is 2.42 bits per heavy atom. The highest BCUT2D eigenvalue weighted by Gasteiger charge is 2.20. The summed E-state index contributed by atoms with van der Waals surface area (Å²) in [5.41, 5.74) is 2.50. The lowest BCUT2D eigenvalue weighted by Crippen LogP contribution is -2.31. The van der Waals surface area contributed by atoms with Crippen LogP contribution in [0.4, 0.5) is 8.78 Å². The third-order valence-corrected chi connectivity index (χ3v) is 6.90. The first-order valence-corrected chi connectivity index (χ1v) is 11.7. The molecule has 0 unspecified atom stereocenters. The van der Waals surface area contributed by atoms with E-state index >= 15 is 0 Å². The Balaban J connectivity index is 1.42. The summed E-state index contributed by atoms with van der Waals surface area (Å²) in [5.74, 6) is -0.283. The number of methoxy groups -OCH3 is 2. The average molecular weight is 455 g/mol. The smallest absolute Gasteiger partial charge is 0.243 e. The normalized spacial score (nSPS) is 14.3. The van der Waals surface area contributed by atoms with E-state index in [0.29, 0.717) is 12.5 Å².